The van der Waals surface area contributed by atoms with Gasteiger partial charge in [0.1, 0.15) is 0 Å². The van der Waals surface area contributed by atoms with E-state index < -0.39 is 0 Å². The predicted molar refractivity (Wildman–Crippen MR) is 83.3 cm³/mol. The van der Waals surface area contributed by atoms with Crippen LogP contribution in [0.1, 0.15) is 11.6 Å². The molecule has 0 radical (unpaired) electrons. The number of nitrogens with two attached hydrogens (primary N) is 1. The summed E-state index contributed by atoms with van der Waals surface area (Å²) in [5.41, 5.74) is 7.62. The Morgan fingerprint density at radius 1 is 1.00 bits per heavy atom. The summed E-state index contributed by atoms with van der Waals surface area (Å²) >= 11 is 18.1. The number of nitrogens with one attached hydrogen (secondary N) is 1. The summed E-state index contributed by atoms with van der Waals surface area (Å²) < 4.78 is 0. The lowest BCUT2D eigenvalue weighted by molar-refractivity contribution is 0.790. The quantitative estimate of drug-likeness (QED) is 0.853. The molecular formula is C14H13Cl3N2. The molecule has 1 atom stereocenters. The number of benzene rings is 2. The van der Waals surface area contributed by atoms with Crippen LogP contribution in [0.5, 0.6) is 0 Å². The Kier molecular flexibility index (Phi) is 4.94. The van der Waals surface area contributed by atoms with Crippen molar-refractivity contribution < 1.29 is 0 Å². The van der Waals surface area contributed by atoms with Gasteiger partial charge in [0.05, 0.1) is 16.1 Å². The second kappa shape index (κ2) is 6.49. The lowest BCUT2D eigenvalue weighted by Crippen LogP contribution is -2.21. The molecule has 0 bridgehead atoms. The molecule has 0 aromatic heterocycles. The van der Waals surface area contributed by atoms with Crippen LogP contribution >= 0.6 is 34.8 Å². The van der Waals surface area contributed by atoms with Crippen LogP contribution in [0, 0.1) is 0 Å². The maximum Gasteiger partial charge on any atom is 0.0651 e. The zero-order valence-corrected chi connectivity index (χ0v) is 12.3. The van der Waals surface area contributed by atoms with Crippen LogP contribution in [-0.4, -0.2) is 6.54 Å². The van der Waals surface area contributed by atoms with Crippen LogP contribution in [0.3, 0.4) is 0 Å². The second-order valence-electron chi connectivity index (χ2n) is 4.08. The lowest BCUT2D eigenvalue weighted by atomic mass is 10.1. The molecule has 3 N–H and O–H groups in total. The van der Waals surface area contributed by atoms with Crippen molar-refractivity contribution in [2.45, 2.75) is 6.04 Å². The molecule has 19 heavy (non-hydrogen) atoms. The fourth-order valence-corrected chi connectivity index (χ4v) is 2.37. The summed E-state index contributed by atoms with van der Waals surface area (Å²) in [5.74, 6) is 0. The molecule has 0 spiro atoms. The van der Waals surface area contributed by atoms with Crippen molar-refractivity contribution >= 4 is 40.5 Å². The van der Waals surface area contributed by atoms with Crippen molar-refractivity contribution in [3.8, 4) is 0 Å². The van der Waals surface area contributed by atoms with E-state index in [2.05, 4.69) is 5.32 Å². The topological polar surface area (TPSA) is 38.0 Å². The monoisotopic (exact) mass is 314 g/mol. The molecule has 0 saturated carbocycles. The van der Waals surface area contributed by atoms with E-state index in [9.17, 15) is 0 Å². The normalized spacial score (nSPS) is 12.2. The maximum absolute atomic E-state index is 6.21. The van der Waals surface area contributed by atoms with E-state index in [1.54, 1.807) is 6.07 Å². The first kappa shape index (κ1) is 14.5. The van der Waals surface area contributed by atoms with Gasteiger partial charge in [0, 0.05) is 17.3 Å². The molecule has 100 valence electrons. The number of hydrogen-bond donors (Lipinski definition) is 2. The highest BCUT2D eigenvalue weighted by atomic mass is 35.5. The zero-order chi connectivity index (χ0) is 13.8. The Hall–Kier alpha value is -0.930. The van der Waals surface area contributed by atoms with E-state index in [4.69, 9.17) is 40.5 Å². The molecule has 0 aliphatic heterocycles. The van der Waals surface area contributed by atoms with Gasteiger partial charge in [-0.25, -0.2) is 0 Å². The van der Waals surface area contributed by atoms with E-state index in [1.807, 2.05) is 36.4 Å². The summed E-state index contributed by atoms with van der Waals surface area (Å²) in [6, 6.07) is 12.8. The van der Waals surface area contributed by atoms with Crippen molar-refractivity contribution in [1.82, 2.24) is 0 Å². The van der Waals surface area contributed by atoms with Crippen molar-refractivity contribution in [2.24, 2.45) is 5.73 Å². The third-order valence-corrected chi connectivity index (χ3v) is 3.86. The smallest absolute Gasteiger partial charge is 0.0651 e. The molecule has 0 heterocycles. The minimum Gasteiger partial charge on any atom is -0.377 e. The Balaban J connectivity index is 2.25. The van der Waals surface area contributed by atoms with E-state index in [0.717, 1.165) is 11.3 Å². The molecule has 0 saturated heterocycles. The largest absolute Gasteiger partial charge is 0.377 e. The maximum atomic E-state index is 6.21. The number of rotatable bonds is 4. The summed E-state index contributed by atoms with van der Waals surface area (Å²) in [6.45, 7) is 0.405. The van der Waals surface area contributed by atoms with E-state index in [1.165, 1.54) is 0 Å². The molecule has 0 amide bonds. The van der Waals surface area contributed by atoms with Gasteiger partial charge < -0.3 is 11.1 Å². The van der Waals surface area contributed by atoms with Crippen LogP contribution in [-0.2, 0) is 0 Å². The van der Waals surface area contributed by atoms with Crippen LogP contribution in [0.2, 0.25) is 15.1 Å². The molecule has 1 unspecified atom stereocenters. The van der Waals surface area contributed by atoms with Crippen molar-refractivity contribution in [3.05, 3.63) is 63.1 Å². The summed E-state index contributed by atoms with van der Waals surface area (Å²) in [6.07, 6.45) is 0. The fourth-order valence-electron chi connectivity index (χ4n) is 1.80. The standard InChI is InChI=1S/C14H13Cl3N2/c15-9-4-6-10(7-5-9)19-13(8-18)11-2-1-3-12(16)14(11)17/h1-7,13,19H,8,18H2. The number of halogens is 3. The number of hydrogen-bond acceptors (Lipinski definition) is 2. The Morgan fingerprint density at radius 2 is 1.68 bits per heavy atom. The SMILES string of the molecule is NCC(Nc1ccc(Cl)cc1)c1cccc(Cl)c1Cl. The third-order valence-electron chi connectivity index (χ3n) is 2.78. The van der Waals surface area contributed by atoms with Crippen molar-refractivity contribution in [1.29, 1.82) is 0 Å². The Labute approximate surface area is 127 Å². The minimum atomic E-state index is -0.104. The summed E-state index contributed by atoms with van der Waals surface area (Å²) in [5, 5.41) is 5.06. The minimum absolute atomic E-state index is 0.104. The van der Waals surface area contributed by atoms with E-state index >= 15 is 0 Å². The van der Waals surface area contributed by atoms with Crippen LogP contribution in [0.4, 0.5) is 5.69 Å². The van der Waals surface area contributed by atoms with Gasteiger partial charge in [-0.2, -0.15) is 0 Å². The first-order chi connectivity index (χ1) is 9.11. The van der Waals surface area contributed by atoms with Gasteiger partial charge >= 0.3 is 0 Å². The van der Waals surface area contributed by atoms with Crippen LogP contribution in [0.15, 0.2) is 42.5 Å². The molecule has 0 fully saturated rings. The number of anilines is 1. The average molecular weight is 316 g/mol. The van der Waals surface area contributed by atoms with Gasteiger partial charge in [-0.3, -0.25) is 0 Å². The first-order valence-corrected chi connectivity index (χ1v) is 6.91. The molecule has 2 aromatic rings. The molecule has 5 heteroatoms. The molecule has 2 nitrogen and oxygen atoms in total. The van der Waals surface area contributed by atoms with E-state index in [-0.39, 0.29) is 6.04 Å². The molecular weight excluding hydrogens is 303 g/mol. The Morgan fingerprint density at radius 3 is 2.32 bits per heavy atom. The zero-order valence-electron chi connectivity index (χ0n) is 10.0. The highest BCUT2D eigenvalue weighted by Gasteiger charge is 2.14. The van der Waals surface area contributed by atoms with Gasteiger partial charge in [-0.05, 0) is 35.9 Å². The lowest BCUT2D eigenvalue weighted by Gasteiger charge is -2.20. The summed E-state index contributed by atoms with van der Waals surface area (Å²) in [4.78, 5) is 0. The van der Waals surface area contributed by atoms with Gasteiger partial charge in [0.25, 0.3) is 0 Å². The van der Waals surface area contributed by atoms with E-state index in [0.29, 0.717) is 21.6 Å². The van der Waals surface area contributed by atoms with Gasteiger partial charge in [-0.15, -0.1) is 0 Å². The fraction of sp³-hybridized carbons (Fsp3) is 0.143. The highest BCUT2D eigenvalue weighted by molar-refractivity contribution is 6.42. The summed E-state index contributed by atoms with van der Waals surface area (Å²) in [7, 11) is 0. The molecule has 0 aliphatic rings. The van der Waals surface area contributed by atoms with Crippen molar-refractivity contribution in [2.75, 3.05) is 11.9 Å². The van der Waals surface area contributed by atoms with Gasteiger partial charge in [-0.1, -0.05) is 46.9 Å². The van der Waals surface area contributed by atoms with Crippen LogP contribution < -0.4 is 11.1 Å². The molecule has 0 aliphatic carbocycles. The molecule has 2 aromatic carbocycles. The highest BCUT2D eigenvalue weighted by Crippen LogP contribution is 2.31. The van der Waals surface area contributed by atoms with Gasteiger partial charge in [0.2, 0.25) is 0 Å². The average Bonchev–Trinajstić information content (AvgIpc) is 2.42. The first-order valence-electron chi connectivity index (χ1n) is 5.78. The predicted octanol–water partition coefficient (Wildman–Crippen LogP) is 4.76. The van der Waals surface area contributed by atoms with Gasteiger partial charge in [0.15, 0.2) is 0 Å². The molecule has 2 rings (SSSR count). The third kappa shape index (κ3) is 3.54. The second-order valence-corrected chi connectivity index (χ2v) is 5.30. The Bertz CT molecular complexity index is 555. The van der Waals surface area contributed by atoms with Crippen LogP contribution in [0.25, 0.3) is 0 Å². The van der Waals surface area contributed by atoms with Crippen molar-refractivity contribution in [3.63, 3.8) is 0 Å².